The molecule has 112 valence electrons. The maximum Gasteiger partial charge on any atom is 0.258 e. The summed E-state index contributed by atoms with van der Waals surface area (Å²) in [6.45, 7) is 3.60. The van der Waals surface area contributed by atoms with E-state index in [0.29, 0.717) is 17.2 Å². The highest BCUT2D eigenvalue weighted by atomic mass is 32.2. The van der Waals surface area contributed by atoms with Crippen molar-refractivity contribution in [2.45, 2.75) is 24.3 Å². The second-order valence-electron chi connectivity index (χ2n) is 5.34. The third-order valence-electron chi connectivity index (χ3n) is 4.03. The van der Waals surface area contributed by atoms with Gasteiger partial charge in [-0.25, -0.2) is 0 Å². The Balaban J connectivity index is 1.47. The zero-order valence-electron chi connectivity index (χ0n) is 11.6. The van der Waals surface area contributed by atoms with Crippen molar-refractivity contribution in [2.24, 2.45) is 0 Å². The van der Waals surface area contributed by atoms with Gasteiger partial charge in [0.05, 0.1) is 18.7 Å². The van der Waals surface area contributed by atoms with Gasteiger partial charge < -0.3 is 9.26 Å². The van der Waals surface area contributed by atoms with Gasteiger partial charge in [-0.05, 0) is 17.9 Å². The van der Waals surface area contributed by atoms with E-state index >= 15 is 0 Å². The molecule has 2 atom stereocenters. The summed E-state index contributed by atoms with van der Waals surface area (Å²) < 4.78 is 11.0. The van der Waals surface area contributed by atoms with E-state index in [2.05, 4.69) is 15.0 Å². The fourth-order valence-electron chi connectivity index (χ4n) is 2.96. The molecule has 0 amide bonds. The van der Waals surface area contributed by atoms with Crippen molar-refractivity contribution in [1.82, 2.24) is 15.0 Å². The van der Waals surface area contributed by atoms with Crippen molar-refractivity contribution in [3.63, 3.8) is 0 Å². The molecule has 0 bridgehead atoms. The molecule has 0 N–H and O–H groups in total. The van der Waals surface area contributed by atoms with Gasteiger partial charge in [-0.3, -0.25) is 4.90 Å². The summed E-state index contributed by atoms with van der Waals surface area (Å²) in [5, 5.41) is 8.79. The standard InChI is InChI=1S/C14H17N3O2S2/c1-4-18-8-12-11(1)17(3-6-21-12)7-13-15-14(19-16-13)10-2-5-20-9-10/h2,5,9,11-12H,1,3-4,6-8H2/t11-,12-/m0/s1. The smallest absolute Gasteiger partial charge is 0.258 e. The van der Waals surface area contributed by atoms with Crippen LogP contribution in [0.5, 0.6) is 0 Å². The number of aromatic nitrogens is 2. The van der Waals surface area contributed by atoms with Gasteiger partial charge in [0.15, 0.2) is 5.82 Å². The van der Waals surface area contributed by atoms with Crippen molar-refractivity contribution in [3.8, 4) is 11.5 Å². The molecular weight excluding hydrogens is 306 g/mol. The summed E-state index contributed by atoms with van der Waals surface area (Å²) in [4.78, 5) is 7.03. The Morgan fingerprint density at radius 1 is 1.43 bits per heavy atom. The van der Waals surface area contributed by atoms with Crippen LogP contribution in [0.15, 0.2) is 21.3 Å². The van der Waals surface area contributed by atoms with Crippen molar-refractivity contribution in [3.05, 3.63) is 22.7 Å². The Morgan fingerprint density at radius 3 is 3.33 bits per heavy atom. The molecule has 0 unspecified atom stereocenters. The minimum atomic E-state index is 0.584. The Morgan fingerprint density at radius 2 is 2.43 bits per heavy atom. The summed E-state index contributed by atoms with van der Waals surface area (Å²) in [5.74, 6) is 2.56. The largest absolute Gasteiger partial charge is 0.380 e. The molecule has 0 spiro atoms. The maximum absolute atomic E-state index is 5.59. The second kappa shape index (κ2) is 6.08. The molecule has 0 radical (unpaired) electrons. The lowest BCUT2D eigenvalue weighted by atomic mass is 10.1. The van der Waals surface area contributed by atoms with Crippen molar-refractivity contribution in [1.29, 1.82) is 0 Å². The highest BCUT2D eigenvalue weighted by Gasteiger charge is 2.34. The lowest BCUT2D eigenvalue weighted by molar-refractivity contribution is 0.0340. The van der Waals surface area contributed by atoms with Crippen LogP contribution in [0.3, 0.4) is 0 Å². The van der Waals surface area contributed by atoms with Gasteiger partial charge in [-0.15, -0.1) is 0 Å². The van der Waals surface area contributed by atoms with Crippen LogP contribution in [0.25, 0.3) is 11.5 Å². The topological polar surface area (TPSA) is 51.4 Å². The Bertz CT molecular complexity index is 585. The van der Waals surface area contributed by atoms with Crippen molar-refractivity contribution in [2.75, 3.05) is 25.5 Å². The van der Waals surface area contributed by atoms with Gasteiger partial charge in [-0.2, -0.15) is 28.1 Å². The monoisotopic (exact) mass is 323 g/mol. The SMILES string of the molecule is c1cc(-c2nc(CN3CCS[C@H]4COCC[C@@H]43)no2)cs1. The summed E-state index contributed by atoms with van der Waals surface area (Å²) in [6, 6.07) is 2.59. The van der Waals surface area contributed by atoms with Gasteiger partial charge in [0.1, 0.15) is 0 Å². The Hall–Kier alpha value is -0.890. The number of hydrogen-bond acceptors (Lipinski definition) is 7. The van der Waals surface area contributed by atoms with E-state index in [1.165, 1.54) is 0 Å². The zero-order valence-corrected chi connectivity index (χ0v) is 13.2. The van der Waals surface area contributed by atoms with Crippen LogP contribution < -0.4 is 0 Å². The Kier molecular flexibility index (Phi) is 3.98. The minimum Gasteiger partial charge on any atom is -0.380 e. The summed E-state index contributed by atoms with van der Waals surface area (Å²) >= 11 is 3.67. The first kappa shape index (κ1) is 13.8. The number of thioether (sulfide) groups is 1. The lowest BCUT2D eigenvalue weighted by Crippen LogP contribution is -2.51. The number of nitrogens with zero attached hydrogens (tertiary/aromatic N) is 3. The molecule has 4 rings (SSSR count). The molecule has 4 heterocycles. The van der Waals surface area contributed by atoms with E-state index in [1.54, 1.807) is 11.3 Å². The van der Waals surface area contributed by atoms with E-state index in [-0.39, 0.29) is 0 Å². The molecule has 2 aliphatic heterocycles. The van der Waals surface area contributed by atoms with E-state index in [4.69, 9.17) is 9.26 Å². The van der Waals surface area contributed by atoms with Crippen molar-refractivity contribution < 1.29 is 9.26 Å². The average Bonchev–Trinajstić information content (AvgIpc) is 3.18. The number of rotatable bonds is 3. The van der Waals surface area contributed by atoms with E-state index in [1.807, 2.05) is 28.6 Å². The molecule has 2 saturated heterocycles. The summed E-state index contributed by atoms with van der Waals surface area (Å²) in [6.07, 6.45) is 1.10. The molecule has 7 heteroatoms. The lowest BCUT2D eigenvalue weighted by Gasteiger charge is -2.42. The maximum atomic E-state index is 5.59. The molecular formula is C14H17N3O2S2. The normalized spacial score (nSPS) is 26.7. The van der Waals surface area contributed by atoms with Gasteiger partial charge in [0.2, 0.25) is 0 Å². The zero-order chi connectivity index (χ0) is 14.1. The van der Waals surface area contributed by atoms with Crippen LogP contribution >= 0.6 is 23.1 Å². The van der Waals surface area contributed by atoms with E-state index in [9.17, 15) is 0 Å². The number of fused-ring (bicyclic) bond motifs is 1. The van der Waals surface area contributed by atoms with Gasteiger partial charge in [0, 0.05) is 35.6 Å². The number of ether oxygens (including phenoxy) is 1. The van der Waals surface area contributed by atoms with Gasteiger partial charge in [0.25, 0.3) is 5.89 Å². The van der Waals surface area contributed by atoms with Gasteiger partial charge in [-0.1, -0.05) is 5.16 Å². The first-order valence-corrected chi connectivity index (χ1v) is 9.18. The highest BCUT2D eigenvalue weighted by molar-refractivity contribution is 8.00. The van der Waals surface area contributed by atoms with Crippen LogP contribution in [0.2, 0.25) is 0 Å². The molecule has 5 nitrogen and oxygen atoms in total. The molecule has 0 aliphatic carbocycles. The van der Waals surface area contributed by atoms with Crippen LogP contribution in [0.1, 0.15) is 12.2 Å². The van der Waals surface area contributed by atoms with E-state index < -0.39 is 0 Å². The van der Waals surface area contributed by atoms with Gasteiger partial charge >= 0.3 is 0 Å². The highest BCUT2D eigenvalue weighted by Crippen LogP contribution is 2.31. The average molecular weight is 323 g/mol. The summed E-state index contributed by atoms with van der Waals surface area (Å²) in [7, 11) is 0. The van der Waals surface area contributed by atoms with Crippen LogP contribution in [-0.4, -0.2) is 51.8 Å². The van der Waals surface area contributed by atoms with Crippen LogP contribution in [-0.2, 0) is 11.3 Å². The van der Waals surface area contributed by atoms with E-state index in [0.717, 1.165) is 49.9 Å². The second-order valence-corrected chi connectivity index (χ2v) is 7.47. The molecule has 2 aromatic heterocycles. The Labute approximate surface area is 131 Å². The number of thiophene rings is 1. The first-order valence-electron chi connectivity index (χ1n) is 7.19. The fourth-order valence-corrected chi connectivity index (χ4v) is 4.96. The number of hydrogen-bond donors (Lipinski definition) is 0. The predicted molar refractivity (Wildman–Crippen MR) is 83.5 cm³/mol. The minimum absolute atomic E-state index is 0.584. The first-order chi connectivity index (χ1) is 10.4. The third-order valence-corrected chi connectivity index (χ3v) is 6.01. The van der Waals surface area contributed by atoms with Crippen molar-refractivity contribution >= 4 is 23.1 Å². The van der Waals surface area contributed by atoms with Crippen LogP contribution in [0.4, 0.5) is 0 Å². The molecule has 2 aromatic rings. The summed E-state index contributed by atoms with van der Waals surface area (Å²) in [5.41, 5.74) is 1.01. The molecule has 2 fully saturated rings. The third kappa shape index (κ3) is 2.88. The molecule has 2 aliphatic rings. The molecule has 21 heavy (non-hydrogen) atoms. The quantitative estimate of drug-likeness (QED) is 0.865. The van der Waals surface area contributed by atoms with Crippen LogP contribution in [0, 0.1) is 0 Å². The molecule has 0 saturated carbocycles. The fraction of sp³-hybridized carbons (Fsp3) is 0.571. The molecule has 0 aromatic carbocycles. The predicted octanol–water partition coefficient (Wildman–Crippen LogP) is 2.50.